The van der Waals surface area contributed by atoms with Gasteiger partial charge in [0.15, 0.2) is 0 Å². The highest BCUT2D eigenvalue weighted by Gasteiger charge is 2.18. The second-order valence-corrected chi connectivity index (χ2v) is 7.99. The fourth-order valence-corrected chi connectivity index (χ4v) is 2.92. The molecule has 0 spiro atoms. The minimum absolute atomic E-state index is 0.00282. The smallest absolute Gasteiger partial charge is 0.248 e. The highest BCUT2D eigenvalue weighted by atomic mass is 16.5. The molecule has 0 aliphatic rings. The van der Waals surface area contributed by atoms with E-state index in [2.05, 4.69) is 19.2 Å². The van der Waals surface area contributed by atoms with Crippen LogP contribution in [-0.4, -0.2) is 51.1 Å². The van der Waals surface area contributed by atoms with Crippen LogP contribution in [0, 0.1) is 11.8 Å². The molecule has 0 atom stereocenters. The first-order valence-corrected chi connectivity index (χ1v) is 9.50. The minimum Gasteiger partial charge on any atom is -0.377 e. The Balaban J connectivity index is 3.10. The highest BCUT2D eigenvalue weighted by Crippen LogP contribution is 2.25. The first-order chi connectivity index (χ1) is 12.6. The predicted octanol–water partition coefficient (Wildman–Crippen LogP) is 3.37. The zero-order valence-corrected chi connectivity index (χ0v) is 17.8. The van der Waals surface area contributed by atoms with Crippen molar-refractivity contribution >= 4 is 23.2 Å². The molecule has 1 N–H and O–H groups in total. The van der Waals surface area contributed by atoms with E-state index >= 15 is 0 Å². The fraction of sp³-hybridized carbons (Fsp3) is 0.619. The summed E-state index contributed by atoms with van der Waals surface area (Å²) in [4.78, 5) is 28.4. The number of rotatable bonds is 10. The third-order valence-corrected chi connectivity index (χ3v) is 4.01. The molecule has 2 amide bonds. The van der Waals surface area contributed by atoms with Crippen molar-refractivity contribution in [1.82, 2.24) is 4.90 Å². The Hall–Kier alpha value is -2.08. The largest absolute Gasteiger partial charge is 0.377 e. The molecule has 0 saturated carbocycles. The predicted molar refractivity (Wildman–Crippen MR) is 111 cm³/mol. The van der Waals surface area contributed by atoms with E-state index < -0.39 is 0 Å². The van der Waals surface area contributed by atoms with Gasteiger partial charge in [-0.15, -0.1) is 0 Å². The number of amides is 2. The van der Waals surface area contributed by atoms with Crippen LogP contribution in [0.3, 0.4) is 0 Å². The first-order valence-electron chi connectivity index (χ1n) is 9.50. The molecule has 0 fully saturated rings. The maximum Gasteiger partial charge on any atom is 0.248 e. The lowest BCUT2D eigenvalue weighted by atomic mass is 10.1. The van der Waals surface area contributed by atoms with Gasteiger partial charge in [-0.25, -0.2) is 0 Å². The van der Waals surface area contributed by atoms with Crippen LogP contribution >= 0.6 is 0 Å². The van der Waals surface area contributed by atoms with E-state index in [1.807, 2.05) is 55.9 Å². The van der Waals surface area contributed by atoms with E-state index in [0.29, 0.717) is 31.3 Å². The number of hydrogen-bond donors (Lipinski definition) is 1. The summed E-state index contributed by atoms with van der Waals surface area (Å²) in [5.74, 6) is 0.620. The second kappa shape index (κ2) is 10.9. The van der Waals surface area contributed by atoms with Crippen LogP contribution in [0.15, 0.2) is 18.2 Å². The Morgan fingerprint density at radius 3 is 2.30 bits per heavy atom. The van der Waals surface area contributed by atoms with Crippen molar-refractivity contribution in [3.63, 3.8) is 0 Å². The lowest BCUT2D eigenvalue weighted by Crippen LogP contribution is -2.36. The average Bonchev–Trinajstić information content (AvgIpc) is 2.53. The summed E-state index contributed by atoms with van der Waals surface area (Å²) < 4.78 is 5.04. The van der Waals surface area contributed by atoms with E-state index in [9.17, 15) is 9.59 Å². The summed E-state index contributed by atoms with van der Waals surface area (Å²) in [6.45, 7) is 9.40. The SMILES string of the molecule is COCC(=O)N(Cc1cc(NC(=O)CC(C)C)ccc1N(C)C)CC(C)C. The van der Waals surface area contributed by atoms with Gasteiger partial charge in [0.2, 0.25) is 11.8 Å². The van der Waals surface area contributed by atoms with Crippen LogP contribution in [0.5, 0.6) is 0 Å². The standard InChI is InChI=1S/C21H35N3O3/c1-15(2)10-20(25)22-18-8-9-19(23(5)6)17(11-18)13-24(12-16(3)4)21(26)14-27-7/h8-9,11,15-16H,10,12-14H2,1-7H3,(H,22,25). The zero-order valence-electron chi connectivity index (χ0n) is 17.8. The van der Waals surface area contributed by atoms with Crippen molar-refractivity contribution in [2.24, 2.45) is 11.8 Å². The van der Waals surface area contributed by atoms with Crippen molar-refractivity contribution in [3.05, 3.63) is 23.8 Å². The molecule has 0 bridgehead atoms. The topological polar surface area (TPSA) is 61.9 Å². The van der Waals surface area contributed by atoms with Crippen molar-refractivity contribution in [2.75, 3.05) is 44.6 Å². The van der Waals surface area contributed by atoms with Crippen molar-refractivity contribution in [1.29, 1.82) is 0 Å². The number of methoxy groups -OCH3 is 1. The molecule has 0 saturated heterocycles. The molecular formula is C21H35N3O3. The number of nitrogens with zero attached hydrogens (tertiary/aromatic N) is 2. The number of carbonyl (C=O) groups is 2. The second-order valence-electron chi connectivity index (χ2n) is 7.99. The number of benzene rings is 1. The number of hydrogen-bond acceptors (Lipinski definition) is 4. The molecule has 0 unspecified atom stereocenters. The summed E-state index contributed by atoms with van der Waals surface area (Å²) in [5.41, 5.74) is 2.77. The fourth-order valence-electron chi connectivity index (χ4n) is 2.92. The minimum atomic E-state index is -0.0369. The Labute approximate surface area is 163 Å². The van der Waals surface area contributed by atoms with Gasteiger partial charge in [0, 0.05) is 52.1 Å². The van der Waals surface area contributed by atoms with Crippen molar-refractivity contribution < 1.29 is 14.3 Å². The number of anilines is 2. The van der Waals surface area contributed by atoms with E-state index in [-0.39, 0.29) is 18.4 Å². The molecule has 0 aliphatic heterocycles. The summed E-state index contributed by atoms with van der Waals surface area (Å²) in [5, 5.41) is 2.96. The molecule has 27 heavy (non-hydrogen) atoms. The van der Waals surface area contributed by atoms with Gasteiger partial charge >= 0.3 is 0 Å². The van der Waals surface area contributed by atoms with Crippen molar-refractivity contribution in [2.45, 2.75) is 40.7 Å². The molecule has 1 aromatic carbocycles. The molecular weight excluding hydrogens is 342 g/mol. The lowest BCUT2D eigenvalue weighted by molar-refractivity contribution is -0.136. The lowest BCUT2D eigenvalue weighted by Gasteiger charge is -2.27. The summed E-state index contributed by atoms with van der Waals surface area (Å²) in [6, 6.07) is 5.84. The highest BCUT2D eigenvalue weighted by molar-refractivity contribution is 5.91. The third-order valence-electron chi connectivity index (χ3n) is 4.01. The van der Waals surface area contributed by atoms with E-state index in [0.717, 1.165) is 16.9 Å². The molecule has 6 nitrogen and oxygen atoms in total. The van der Waals surface area contributed by atoms with Gasteiger partial charge < -0.3 is 19.9 Å². The maximum atomic E-state index is 12.5. The number of ether oxygens (including phenoxy) is 1. The monoisotopic (exact) mass is 377 g/mol. The van der Waals surface area contributed by atoms with Gasteiger partial charge in [-0.3, -0.25) is 9.59 Å². The van der Waals surface area contributed by atoms with Crippen LogP contribution in [0.25, 0.3) is 0 Å². The Bertz CT molecular complexity index is 627. The van der Waals surface area contributed by atoms with Gasteiger partial charge in [-0.1, -0.05) is 27.7 Å². The molecule has 6 heteroatoms. The third kappa shape index (κ3) is 7.99. The van der Waals surface area contributed by atoms with Crippen molar-refractivity contribution in [3.8, 4) is 0 Å². The molecule has 0 radical (unpaired) electrons. The van der Waals surface area contributed by atoms with E-state index in [1.54, 1.807) is 0 Å². The van der Waals surface area contributed by atoms with Crippen LogP contribution in [0.2, 0.25) is 0 Å². The van der Waals surface area contributed by atoms with Crippen LogP contribution in [0.4, 0.5) is 11.4 Å². The van der Waals surface area contributed by atoms with Gasteiger partial charge in [0.25, 0.3) is 0 Å². The van der Waals surface area contributed by atoms with Gasteiger partial charge in [-0.05, 0) is 35.6 Å². The summed E-state index contributed by atoms with van der Waals surface area (Å²) in [7, 11) is 5.47. The quantitative estimate of drug-likeness (QED) is 0.679. The zero-order chi connectivity index (χ0) is 20.6. The molecule has 0 aromatic heterocycles. The first kappa shape index (κ1) is 23.0. The molecule has 0 heterocycles. The Morgan fingerprint density at radius 2 is 1.78 bits per heavy atom. The Kier molecular flexibility index (Phi) is 9.29. The molecule has 152 valence electrons. The van der Waals surface area contributed by atoms with Crippen LogP contribution in [0.1, 0.15) is 39.7 Å². The maximum absolute atomic E-state index is 12.5. The molecule has 1 rings (SSSR count). The number of carbonyl (C=O) groups excluding carboxylic acids is 2. The summed E-state index contributed by atoms with van der Waals surface area (Å²) >= 11 is 0. The average molecular weight is 378 g/mol. The molecule has 1 aromatic rings. The Morgan fingerprint density at radius 1 is 1.11 bits per heavy atom. The van der Waals surface area contributed by atoms with E-state index in [1.165, 1.54) is 7.11 Å². The number of nitrogens with one attached hydrogen (secondary N) is 1. The van der Waals surface area contributed by atoms with Crippen LogP contribution < -0.4 is 10.2 Å². The van der Waals surface area contributed by atoms with Gasteiger partial charge in [0.1, 0.15) is 6.61 Å². The summed E-state index contributed by atoms with van der Waals surface area (Å²) in [6.07, 6.45) is 0.483. The van der Waals surface area contributed by atoms with E-state index in [4.69, 9.17) is 4.74 Å². The van der Waals surface area contributed by atoms with Gasteiger partial charge in [-0.2, -0.15) is 0 Å². The normalized spacial score (nSPS) is 11.0. The molecule has 0 aliphatic carbocycles. The van der Waals surface area contributed by atoms with Crippen LogP contribution in [-0.2, 0) is 20.9 Å². The van der Waals surface area contributed by atoms with Gasteiger partial charge in [0.05, 0.1) is 0 Å².